The van der Waals surface area contributed by atoms with Gasteiger partial charge in [0.15, 0.2) is 5.60 Å². The smallest absolute Gasteiger partial charge is 0.364 e. The molecule has 0 atom stereocenters. The van der Waals surface area contributed by atoms with Crippen molar-refractivity contribution in [3.63, 3.8) is 0 Å². The molecule has 0 heterocycles. The number of esters is 3. The first kappa shape index (κ1) is 35.9. The van der Waals surface area contributed by atoms with Gasteiger partial charge in [-0.2, -0.15) is 0 Å². The number of hydrogen-bond donors (Lipinski definition) is 4. The predicted octanol–water partition coefficient (Wildman–Crippen LogP) is 2.86. The second kappa shape index (κ2) is 20.9. The van der Waals surface area contributed by atoms with E-state index >= 15 is 0 Å². The summed E-state index contributed by atoms with van der Waals surface area (Å²) in [6.07, 6.45) is 5.40. The molecule has 0 fully saturated rings. The summed E-state index contributed by atoms with van der Waals surface area (Å²) in [5.41, 5.74) is -2.26. The molecule has 0 aromatic carbocycles. The van der Waals surface area contributed by atoms with Gasteiger partial charge >= 0.3 is 23.9 Å². The Bertz CT molecular complexity index is 607. The third-order valence-corrected chi connectivity index (χ3v) is 4.98. The molecule has 0 saturated heterocycles. The molecule has 11 heteroatoms. The maximum Gasteiger partial charge on any atom is 0.364 e. The SMILES string of the molecule is CCCCCC(O)(O)C(=O)O.CCCCOC(=O)CC(O)(CC(=O)OCCCC)C(=O)OCCCC. The van der Waals surface area contributed by atoms with Gasteiger partial charge in [0.1, 0.15) is 0 Å². The molecular weight excluding hydrogens is 476 g/mol. The number of carbonyl (C=O) groups is 4. The number of hydrogen-bond acceptors (Lipinski definition) is 10. The molecule has 0 unspecified atom stereocenters. The number of unbranched alkanes of at least 4 members (excludes halogenated alkanes) is 5. The molecule has 11 nitrogen and oxygen atoms in total. The summed E-state index contributed by atoms with van der Waals surface area (Å²) in [4.78, 5) is 46.0. The van der Waals surface area contributed by atoms with Crippen molar-refractivity contribution in [3.8, 4) is 0 Å². The third kappa shape index (κ3) is 18.1. The fourth-order valence-electron chi connectivity index (χ4n) is 2.62. The summed E-state index contributed by atoms with van der Waals surface area (Å²) in [5, 5.41) is 36.3. The summed E-state index contributed by atoms with van der Waals surface area (Å²) < 4.78 is 14.9. The van der Waals surface area contributed by atoms with Crippen molar-refractivity contribution in [1.29, 1.82) is 0 Å². The van der Waals surface area contributed by atoms with Gasteiger partial charge in [-0.1, -0.05) is 59.8 Å². The molecule has 0 saturated carbocycles. The van der Waals surface area contributed by atoms with Crippen LogP contribution in [0.15, 0.2) is 0 Å². The van der Waals surface area contributed by atoms with Gasteiger partial charge in [-0.15, -0.1) is 0 Å². The van der Waals surface area contributed by atoms with Gasteiger partial charge in [0, 0.05) is 6.42 Å². The number of carboxylic acids is 1. The zero-order chi connectivity index (χ0) is 28.0. The number of aliphatic carboxylic acids is 1. The van der Waals surface area contributed by atoms with Crippen molar-refractivity contribution in [2.75, 3.05) is 19.8 Å². The van der Waals surface area contributed by atoms with Crippen LogP contribution in [0.3, 0.4) is 0 Å². The van der Waals surface area contributed by atoms with E-state index in [0.29, 0.717) is 25.7 Å². The average molecular weight is 523 g/mol. The van der Waals surface area contributed by atoms with Crippen LogP contribution < -0.4 is 0 Å². The highest BCUT2D eigenvalue weighted by atomic mass is 16.6. The lowest BCUT2D eigenvalue weighted by Crippen LogP contribution is -2.45. The first-order chi connectivity index (χ1) is 16.9. The fraction of sp³-hybridized carbons (Fsp3) is 0.840. The summed E-state index contributed by atoms with van der Waals surface area (Å²) in [5.74, 6) is -6.60. The first-order valence-corrected chi connectivity index (χ1v) is 12.8. The van der Waals surface area contributed by atoms with Crippen LogP contribution >= 0.6 is 0 Å². The van der Waals surface area contributed by atoms with E-state index in [0.717, 1.165) is 32.1 Å². The fourth-order valence-corrected chi connectivity index (χ4v) is 2.62. The van der Waals surface area contributed by atoms with E-state index in [9.17, 15) is 24.3 Å². The highest BCUT2D eigenvalue weighted by molar-refractivity contribution is 5.90. The second-order valence-corrected chi connectivity index (χ2v) is 8.60. The average Bonchev–Trinajstić information content (AvgIpc) is 2.79. The Balaban J connectivity index is 0. The lowest BCUT2D eigenvalue weighted by molar-refractivity contribution is -0.205. The molecule has 0 rings (SSSR count). The van der Waals surface area contributed by atoms with E-state index in [1.807, 2.05) is 27.7 Å². The van der Waals surface area contributed by atoms with Crippen LogP contribution in [-0.2, 0) is 33.4 Å². The predicted molar refractivity (Wildman–Crippen MR) is 131 cm³/mol. The lowest BCUT2D eigenvalue weighted by Gasteiger charge is -2.24. The van der Waals surface area contributed by atoms with Crippen LogP contribution in [0.25, 0.3) is 0 Å². The van der Waals surface area contributed by atoms with E-state index in [1.165, 1.54) is 0 Å². The minimum Gasteiger partial charge on any atom is -0.477 e. The van der Waals surface area contributed by atoms with Crippen LogP contribution in [0, 0.1) is 0 Å². The molecule has 4 N–H and O–H groups in total. The monoisotopic (exact) mass is 522 g/mol. The number of aliphatic hydroxyl groups is 3. The molecule has 0 aliphatic heterocycles. The quantitative estimate of drug-likeness (QED) is 0.0848. The van der Waals surface area contributed by atoms with Crippen LogP contribution in [0.5, 0.6) is 0 Å². The van der Waals surface area contributed by atoms with Crippen molar-refractivity contribution in [2.45, 2.75) is 116 Å². The number of rotatable bonds is 19. The van der Waals surface area contributed by atoms with E-state index < -0.39 is 48.1 Å². The Labute approximate surface area is 214 Å². The molecule has 36 heavy (non-hydrogen) atoms. The lowest BCUT2D eigenvalue weighted by atomic mass is 9.95. The van der Waals surface area contributed by atoms with E-state index in [2.05, 4.69) is 0 Å². The molecule has 0 aromatic rings. The largest absolute Gasteiger partial charge is 0.477 e. The van der Waals surface area contributed by atoms with Crippen LogP contribution in [0.2, 0.25) is 0 Å². The number of ether oxygens (including phenoxy) is 3. The second-order valence-electron chi connectivity index (χ2n) is 8.60. The molecule has 0 radical (unpaired) electrons. The minimum atomic E-state index is -2.53. The van der Waals surface area contributed by atoms with E-state index in [-0.39, 0.29) is 26.2 Å². The molecular formula is C25H46O11. The van der Waals surface area contributed by atoms with Gasteiger partial charge in [-0.25, -0.2) is 9.59 Å². The first-order valence-electron chi connectivity index (χ1n) is 12.8. The van der Waals surface area contributed by atoms with Gasteiger partial charge in [-0.3, -0.25) is 9.59 Å². The normalized spacial score (nSPS) is 11.2. The Kier molecular flexibility index (Phi) is 20.9. The van der Waals surface area contributed by atoms with Crippen molar-refractivity contribution >= 4 is 23.9 Å². The number of carboxylic acid groups (broad SMARTS) is 1. The summed E-state index contributed by atoms with van der Waals surface area (Å²) >= 11 is 0. The summed E-state index contributed by atoms with van der Waals surface area (Å²) in [6, 6.07) is 0. The zero-order valence-electron chi connectivity index (χ0n) is 22.3. The molecule has 0 aliphatic rings. The van der Waals surface area contributed by atoms with Crippen LogP contribution in [0.4, 0.5) is 0 Å². The van der Waals surface area contributed by atoms with Gasteiger partial charge in [0.2, 0.25) is 0 Å². The summed E-state index contributed by atoms with van der Waals surface area (Å²) in [6.45, 7) is 8.30. The van der Waals surface area contributed by atoms with Crippen molar-refractivity contribution in [3.05, 3.63) is 0 Å². The third-order valence-electron chi connectivity index (χ3n) is 4.98. The van der Waals surface area contributed by atoms with E-state index in [4.69, 9.17) is 29.5 Å². The molecule has 0 amide bonds. The minimum absolute atomic E-state index is 0.101. The molecule has 212 valence electrons. The van der Waals surface area contributed by atoms with E-state index in [1.54, 1.807) is 0 Å². The molecule has 0 aromatic heterocycles. The molecule has 0 spiro atoms. The van der Waals surface area contributed by atoms with Crippen molar-refractivity contribution in [1.82, 2.24) is 0 Å². The van der Waals surface area contributed by atoms with Crippen LogP contribution in [-0.4, -0.2) is 75.5 Å². The van der Waals surface area contributed by atoms with Crippen molar-refractivity contribution in [2.24, 2.45) is 0 Å². The van der Waals surface area contributed by atoms with Gasteiger partial charge < -0.3 is 34.6 Å². The zero-order valence-corrected chi connectivity index (χ0v) is 22.3. The van der Waals surface area contributed by atoms with Crippen molar-refractivity contribution < 1.29 is 53.8 Å². The summed E-state index contributed by atoms with van der Waals surface area (Å²) in [7, 11) is 0. The Morgan fingerprint density at radius 3 is 1.36 bits per heavy atom. The highest BCUT2D eigenvalue weighted by Gasteiger charge is 2.43. The van der Waals surface area contributed by atoms with Gasteiger partial charge in [0.25, 0.3) is 5.79 Å². The van der Waals surface area contributed by atoms with Gasteiger partial charge in [-0.05, 0) is 25.7 Å². The maximum atomic E-state index is 12.2. The molecule has 0 bridgehead atoms. The maximum absolute atomic E-state index is 12.2. The standard InChI is InChI=1S/C18H32O7.C7H14O4/c1-4-7-10-23-15(19)13-18(22,17(21)25-12-9-6-3)14-16(20)24-11-8-5-2;1-2-3-4-5-7(10,11)6(8)9/h22H,4-14H2,1-3H3;10-11H,2-5H2,1H3,(H,8,9). The highest BCUT2D eigenvalue weighted by Crippen LogP contribution is 2.20. The Hall–Kier alpha value is -2.24. The topological polar surface area (TPSA) is 177 Å². The number of carbonyl (C=O) groups excluding carboxylic acids is 3. The van der Waals surface area contributed by atoms with Gasteiger partial charge in [0.05, 0.1) is 32.7 Å². The van der Waals surface area contributed by atoms with Crippen LogP contribution in [0.1, 0.15) is 105 Å². The molecule has 0 aliphatic carbocycles. The Morgan fingerprint density at radius 1 is 0.611 bits per heavy atom. The Morgan fingerprint density at radius 2 is 1.00 bits per heavy atom.